The van der Waals surface area contributed by atoms with Gasteiger partial charge in [-0.3, -0.25) is 13.9 Å². The zero-order valence-electron chi connectivity index (χ0n) is 16.8. The van der Waals surface area contributed by atoms with Crippen LogP contribution in [0.5, 0.6) is 5.88 Å². The molecule has 31 heavy (non-hydrogen) atoms. The molecule has 4 aromatic heterocycles. The summed E-state index contributed by atoms with van der Waals surface area (Å²) in [6.07, 6.45) is 3.11. The van der Waals surface area contributed by atoms with E-state index >= 15 is 0 Å². The summed E-state index contributed by atoms with van der Waals surface area (Å²) in [5, 5.41) is 0.646. The molecule has 0 aliphatic carbocycles. The van der Waals surface area contributed by atoms with Crippen LogP contribution in [0.25, 0.3) is 16.8 Å². The Hall–Kier alpha value is -3.51. The number of hydrogen-bond acceptors (Lipinski definition) is 9. The van der Waals surface area contributed by atoms with Gasteiger partial charge in [-0.05, 0) is 32.0 Å². The van der Waals surface area contributed by atoms with Crippen LogP contribution < -0.4 is 20.8 Å². The summed E-state index contributed by atoms with van der Waals surface area (Å²) in [6.45, 7) is 3.38. The van der Waals surface area contributed by atoms with Crippen LogP contribution in [0.1, 0.15) is 10.7 Å². The number of ether oxygens (including phenoxy) is 1. The first-order valence-electron chi connectivity index (χ1n) is 8.98. The van der Waals surface area contributed by atoms with Crippen molar-refractivity contribution >= 4 is 38.5 Å². The molecule has 0 amide bonds. The Labute approximate surface area is 181 Å². The summed E-state index contributed by atoms with van der Waals surface area (Å²) in [4.78, 5) is 24.7. The Bertz CT molecular complexity index is 1480. The van der Waals surface area contributed by atoms with Crippen LogP contribution in [0.3, 0.4) is 0 Å². The maximum absolute atomic E-state index is 12.9. The molecule has 0 bridgehead atoms. The molecule has 4 rings (SSSR count). The van der Waals surface area contributed by atoms with Gasteiger partial charge in [-0.15, -0.1) is 11.3 Å². The van der Waals surface area contributed by atoms with Crippen molar-refractivity contribution in [2.24, 2.45) is 0 Å². The summed E-state index contributed by atoms with van der Waals surface area (Å²) >= 11 is 1.08. The van der Waals surface area contributed by atoms with Crippen LogP contribution in [-0.4, -0.2) is 34.9 Å². The number of rotatable bonds is 5. The fraction of sp³-hybridized carbons (Fsp3) is 0.158. The maximum atomic E-state index is 12.9. The van der Waals surface area contributed by atoms with Crippen molar-refractivity contribution in [2.75, 3.05) is 17.6 Å². The Kier molecular flexibility index (Phi) is 5.11. The van der Waals surface area contributed by atoms with Gasteiger partial charge in [0, 0.05) is 29.6 Å². The van der Waals surface area contributed by atoms with Crippen LogP contribution >= 0.6 is 11.3 Å². The molecule has 0 saturated carbocycles. The molecule has 4 heterocycles. The zero-order valence-corrected chi connectivity index (χ0v) is 18.4. The van der Waals surface area contributed by atoms with Crippen LogP contribution in [-0.2, 0) is 10.0 Å². The minimum atomic E-state index is -3.89. The lowest BCUT2D eigenvalue weighted by atomic mass is 10.1. The molecule has 12 heteroatoms. The lowest BCUT2D eigenvalue weighted by Crippen LogP contribution is -2.15. The summed E-state index contributed by atoms with van der Waals surface area (Å²) in [5.41, 5.74) is 7.47. The lowest BCUT2D eigenvalue weighted by Gasteiger charge is -2.12. The molecule has 0 radical (unpaired) electrons. The summed E-state index contributed by atoms with van der Waals surface area (Å²) < 4.78 is 35.1. The van der Waals surface area contributed by atoms with Gasteiger partial charge in [0.1, 0.15) is 17.2 Å². The third-order valence-corrected chi connectivity index (χ3v) is 7.45. The molecule has 0 aliphatic rings. The normalized spacial score (nSPS) is 11.6. The van der Waals surface area contributed by atoms with Gasteiger partial charge in [-0.2, -0.15) is 0 Å². The number of aromatic nitrogens is 4. The number of nitrogen functional groups attached to an aromatic ring is 1. The van der Waals surface area contributed by atoms with E-state index in [4.69, 9.17) is 10.5 Å². The number of nitrogens with one attached hydrogen (secondary N) is 1. The lowest BCUT2D eigenvalue weighted by molar-refractivity contribution is 0.400. The maximum Gasteiger partial charge on any atom is 0.273 e. The molecule has 0 spiro atoms. The van der Waals surface area contributed by atoms with E-state index in [-0.39, 0.29) is 27.2 Å². The van der Waals surface area contributed by atoms with E-state index in [1.165, 1.54) is 23.8 Å². The molecule has 3 N–H and O–H groups in total. The van der Waals surface area contributed by atoms with Crippen molar-refractivity contribution in [2.45, 2.75) is 18.1 Å². The molecule has 0 unspecified atom stereocenters. The topological polar surface area (TPSA) is 142 Å². The molecular formula is C19H18N6O4S2. The average Bonchev–Trinajstić information content (AvgIpc) is 3.06. The number of pyridine rings is 2. The van der Waals surface area contributed by atoms with E-state index < -0.39 is 10.0 Å². The summed E-state index contributed by atoms with van der Waals surface area (Å²) in [6, 6.07) is 6.19. The number of hydrogen-bond donors (Lipinski definition) is 2. The van der Waals surface area contributed by atoms with Gasteiger partial charge in [0.15, 0.2) is 4.21 Å². The number of aryl methyl sites for hydroxylation is 2. The predicted octanol–water partition coefficient (Wildman–Crippen LogP) is 2.22. The standard InChI is InChI=1S/C19H18N6O4S2/c1-10-19(30-11(2)22-10)31(27,28)24-14-6-13(8-21-18(14)29-3)12-4-5-16-23-15(20)7-17(26)25(16)9-12/h4-9,24H,20H2,1-3H3. The minimum absolute atomic E-state index is 0.110. The Morgan fingerprint density at radius 3 is 2.61 bits per heavy atom. The molecule has 10 nitrogen and oxygen atoms in total. The second-order valence-corrected chi connectivity index (χ2v) is 9.74. The first-order valence-corrected chi connectivity index (χ1v) is 11.3. The van der Waals surface area contributed by atoms with Crippen LogP contribution in [0.15, 0.2) is 45.7 Å². The third kappa shape index (κ3) is 3.94. The Balaban J connectivity index is 1.79. The average molecular weight is 459 g/mol. The van der Waals surface area contributed by atoms with Gasteiger partial charge in [0.05, 0.1) is 17.8 Å². The third-order valence-electron chi connectivity index (χ3n) is 4.41. The van der Waals surface area contributed by atoms with Gasteiger partial charge in [-0.25, -0.2) is 23.4 Å². The Morgan fingerprint density at radius 2 is 1.94 bits per heavy atom. The van der Waals surface area contributed by atoms with Gasteiger partial charge < -0.3 is 10.5 Å². The number of fused-ring (bicyclic) bond motifs is 1. The first-order chi connectivity index (χ1) is 14.7. The zero-order chi connectivity index (χ0) is 22.3. The van der Waals surface area contributed by atoms with Crippen molar-refractivity contribution < 1.29 is 13.2 Å². The van der Waals surface area contributed by atoms with Gasteiger partial charge in [0.25, 0.3) is 15.6 Å². The summed E-state index contributed by atoms with van der Waals surface area (Å²) in [7, 11) is -2.50. The molecule has 0 aliphatic heterocycles. The van der Waals surface area contributed by atoms with Crippen molar-refractivity contribution in [3.05, 3.63) is 57.7 Å². The number of anilines is 2. The van der Waals surface area contributed by atoms with Gasteiger partial charge >= 0.3 is 0 Å². The molecular weight excluding hydrogens is 440 g/mol. The van der Waals surface area contributed by atoms with E-state index in [1.807, 2.05) is 0 Å². The van der Waals surface area contributed by atoms with Crippen molar-refractivity contribution in [1.82, 2.24) is 19.4 Å². The summed E-state index contributed by atoms with van der Waals surface area (Å²) in [5.74, 6) is 0.243. The number of thiazole rings is 1. The number of sulfonamides is 1. The molecule has 0 aromatic carbocycles. The highest BCUT2D eigenvalue weighted by Crippen LogP contribution is 2.32. The molecule has 0 atom stereocenters. The highest BCUT2D eigenvalue weighted by molar-refractivity contribution is 7.94. The monoisotopic (exact) mass is 458 g/mol. The molecule has 0 saturated heterocycles. The molecule has 160 valence electrons. The van der Waals surface area contributed by atoms with Crippen LogP contribution in [0.4, 0.5) is 11.5 Å². The smallest absolute Gasteiger partial charge is 0.273 e. The van der Waals surface area contributed by atoms with Crippen molar-refractivity contribution in [3.63, 3.8) is 0 Å². The number of methoxy groups -OCH3 is 1. The number of nitrogens with two attached hydrogens (primary N) is 1. The minimum Gasteiger partial charge on any atom is -0.480 e. The van der Waals surface area contributed by atoms with Crippen molar-refractivity contribution in [1.29, 1.82) is 0 Å². The predicted molar refractivity (Wildman–Crippen MR) is 118 cm³/mol. The fourth-order valence-electron chi connectivity index (χ4n) is 3.09. The Morgan fingerprint density at radius 1 is 1.16 bits per heavy atom. The molecule has 4 aromatic rings. The molecule has 0 fully saturated rings. The number of nitrogens with zero attached hydrogens (tertiary/aromatic N) is 4. The highest BCUT2D eigenvalue weighted by Gasteiger charge is 2.23. The van der Waals surface area contributed by atoms with E-state index in [0.29, 0.717) is 27.5 Å². The van der Waals surface area contributed by atoms with Crippen LogP contribution in [0, 0.1) is 13.8 Å². The first kappa shape index (κ1) is 20.8. The van der Waals surface area contributed by atoms with E-state index in [0.717, 1.165) is 11.3 Å². The fourth-order valence-corrected chi connectivity index (χ4v) is 5.62. The largest absolute Gasteiger partial charge is 0.480 e. The highest BCUT2D eigenvalue weighted by atomic mass is 32.2. The SMILES string of the molecule is COc1ncc(-c2ccc3nc(N)cc(=O)n3c2)cc1NS(=O)(=O)c1sc(C)nc1C. The van der Waals surface area contributed by atoms with E-state index in [2.05, 4.69) is 19.7 Å². The quantitative estimate of drug-likeness (QED) is 0.464. The van der Waals surface area contributed by atoms with Gasteiger partial charge in [0.2, 0.25) is 5.88 Å². The van der Waals surface area contributed by atoms with E-state index in [1.54, 1.807) is 38.2 Å². The van der Waals surface area contributed by atoms with Crippen LogP contribution in [0.2, 0.25) is 0 Å². The van der Waals surface area contributed by atoms with E-state index in [9.17, 15) is 13.2 Å². The van der Waals surface area contributed by atoms with Gasteiger partial charge in [-0.1, -0.05) is 0 Å². The second-order valence-electron chi connectivity index (χ2n) is 6.66. The second kappa shape index (κ2) is 7.63. The van der Waals surface area contributed by atoms with Crippen molar-refractivity contribution in [3.8, 4) is 17.0 Å².